The van der Waals surface area contributed by atoms with E-state index in [9.17, 15) is 18.0 Å². The number of halogens is 4. The molecule has 0 unspecified atom stereocenters. The van der Waals surface area contributed by atoms with Gasteiger partial charge >= 0.3 is 6.18 Å². The van der Waals surface area contributed by atoms with Crippen molar-refractivity contribution in [2.24, 2.45) is 0 Å². The largest absolute Gasteiger partial charge is 0.418 e. The molecule has 1 amide bonds. The zero-order valence-electron chi connectivity index (χ0n) is 13.1. The van der Waals surface area contributed by atoms with Gasteiger partial charge in [0, 0.05) is 17.4 Å². The van der Waals surface area contributed by atoms with Crippen LogP contribution in [0.15, 0.2) is 42.7 Å². The van der Waals surface area contributed by atoms with Crippen molar-refractivity contribution in [2.75, 3.05) is 5.32 Å². The summed E-state index contributed by atoms with van der Waals surface area (Å²) in [6.45, 7) is 1.88. The lowest BCUT2D eigenvalue weighted by molar-refractivity contribution is -0.137. The number of amides is 1. The molecule has 0 saturated heterocycles. The van der Waals surface area contributed by atoms with Gasteiger partial charge in [0.25, 0.3) is 0 Å². The molecule has 0 fully saturated rings. The summed E-state index contributed by atoms with van der Waals surface area (Å²) in [5.74, 6) is -0.589. The van der Waals surface area contributed by atoms with Gasteiger partial charge in [-0.2, -0.15) is 13.2 Å². The average Bonchev–Trinajstić information content (AvgIpc) is 2.92. The van der Waals surface area contributed by atoms with Crippen LogP contribution in [0.2, 0.25) is 5.02 Å². The molecule has 4 nitrogen and oxygen atoms in total. The highest BCUT2D eigenvalue weighted by molar-refractivity contribution is 6.30. The first-order valence-electron chi connectivity index (χ1n) is 7.34. The lowest BCUT2D eigenvalue weighted by atomic mass is 10.1. The Morgan fingerprint density at radius 3 is 2.76 bits per heavy atom. The van der Waals surface area contributed by atoms with Crippen molar-refractivity contribution in [3.63, 3.8) is 0 Å². The number of nitrogens with zero attached hydrogens (tertiary/aromatic N) is 2. The van der Waals surface area contributed by atoms with Gasteiger partial charge in [-0.1, -0.05) is 17.7 Å². The lowest BCUT2D eigenvalue weighted by Crippen LogP contribution is -2.18. The Labute approximate surface area is 146 Å². The predicted molar refractivity (Wildman–Crippen MR) is 88.7 cm³/mol. The molecule has 2 heterocycles. The first-order chi connectivity index (χ1) is 11.7. The number of hydrogen-bond acceptors (Lipinski definition) is 2. The molecule has 0 aliphatic carbocycles. The number of carbonyl (C=O) groups excluding carboxylic acids is 1. The second kappa shape index (κ2) is 6.40. The molecule has 0 bridgehead atoms. The van der Waals surface area contributed by atoms with Crippen LogP contribution >= 0.6 is 11.6 Å². The molecule has 25 heavy (non-hydrogen) atoms. The molecule has 0 aliphatic rings. The highest BCUT2D eigenvalue weighted by Gasteiger charge is 2.34. The normalized spacial score (nSPS) is 11.7. The fourth-order valence-corrected chi connectivity index (χ4v) is 2.68. The molecule has 1 aromatic carbocycles. The molecule has 1 N–H and O–H groups in total. The number of rotatable bonds is 3. The minimum absolute atomic E-state index is 0.0545. The van der Waals surface area contributed by atoms with Crippen LogP contribution in [0.3, 0.4) is 0 Å². The number of nitrogens with one attached hydrogen (secondary N) is 1. The SMILES string of the molecule is Cc1cccn2cc(CC(=O)Nc3ccc(Cl)cc3C(F)(F)F)nc12. The fraction of sp³-hybridized carbons (Fsp3) is 0.176. The molecule has 0 atom stereocenters. The van der Waals surface area contributed by atoms with E-state index in [2.05, 4.69) is 10.3 Å². The zero-order valence-corrected chi connectivity index (χ0v) is 13.8. The standard InChI is InChI=1S/C17H13ClF3N3O/c1-10-3-2-6-24-9-12(22-16(10)24)8-15(25)23-14-5-4-11(18)7-13(14)17(19,20)21/h2-7,9H,8H2,1H3,(H,23,25). The van der Waals surface area contributed by atoms with Gasteiger partial charge in [-0.05, 0) is 36.8 Å². The van der Waals surface area contributed by atoms with Gasteiger partial charge in [0.2, 0.25) is 5.91 Å². The van der Waals surface area contributed by atoms with E-state index in [4.69, 9.17) is 11.6 Å². The number of aromatic nitrogens is 2. The van der Waals surface area contributed by atoms with Crippen LogP contribution in [-0.2, 0) is 17.4 Å². The molecule has 3 rings (SSSR count). The van der Waals surface area contributed by atoms with Crippen LogP contribution in [0.5, 0.6) is 0 Å². The van der Waals surface area contributed by atoms with E-state index in [1.807, 2.05) is 19.1 Å². The molecule has 0 spiro atoms. The van der Waals surface area contributed by atoms with Gasteiger partial charge in [0.05, 0.1) is 23.4 Å². The van der Waals surface area contributed by atoms with Crippen molar-refractivity contribution in [2.45, 2.75) is 19.5 Å². The highest BCUT2D eigenvalue weighted by Crippen LogP contribution is 2.36. The van der Waals surface area contributed by atoms with Crippen molar-refractivity contribution in [1.29, 1.82) is 0 Å². The average molecular weight is 368 g/mol. The van der Waals surface area contributed by atoms with Crippen molar-refractivity contribution in [3.05, 3.63) is 64.6 Å². The molecular formula is C17H13ClF3N3O. The number of benzene rings is 1. The molecule has 0 aliphatic heterocycles. The summed E-state index contributed by atoms with van der Waals surface area (Å²) < 4.78 is 41.0. The first-order valence-corrected chi connectivity index (χ1v) is 7.71. The monoisotopic (exact) mass is 367 g/mol. The predicted octanol–water partition coefficient (Wildman–Crippen LogP) is 4.50. The topological polar surface area (TPSA) is 46.4 Å². The smallest absolute Gasteiger partial charge is 0.325 e. The molecule has 2 aromatic heterocycles. The molecule has 0 radical (unpaired) electrons. The Morgan fingerprint density at radius 1 is 1.32 bits per heavy atom. The minimum atomic E-state index is -4.62. The van der Waals surface area contributed by atoms with Crippen LogP contribution in [0.25, 0.3) is 5.65 Å². The second-order valence-electron chi connectivity index (χ2n) is 5.57. The van der Waals surface area contributed by atoms with Gasteiger partial charge in [-0.3, -0.25) is 4.79 Å². The number of carbonyl (C=O) groups is 1. The maximum Gasteiger partial charge on any atom is 0.418 e. The number of anilines is 1. The quantitative estimate of drug-likeness (QED) is 0.741. The fourth-order valence-electron chi connectivity index (χ4n) is 2.51. The minimum Gasteiger partial charge on any atom is -0.325 e. The third-order valence-corrected chi connectivity index (χ3v) is 3.87. The Hall–Kier alpha value is -2.54. The Bertz CT molecular complexity index is 950. The van der Waals surface area contributed by atoms with Gasteiger partial charge in [0.1, 0.15) is 5.65 Å². The van der Waals surface area contributed by atoms with Gasteiger partial charge in [0.15, 0.2) is 0 Å². The summed E-state index contributed by atoms with van der Waals surface area (Å²) in [4.78, 5) is 16.5. The van der Waals surface area contributed by atoms with Gasteiger partial charge < -0.3 is 9.72 Å². The van der Waals surface area contributed by atoms with E-state index in [0.717, 1.165) is 17.7 Å². The maximum atomic E-state index is 13.1. The molecule has 8 heteroatoms. The zero-order chi connectivity index (χ0) is 18.2. The summed E-state index contributed by atoms with van der Waals surface area (Å²) in [6, 6.07) is 6.94. The van der Waals surface area contributed by atoms with Crippen molar-refractivity contribution >= 4 is 28.8 Å². The number of pyridine rings is 1. The van der Waals surface area contributed by atoms with Gasteiger partial charge in [-0.25, -0.2) is 4.98 Å². The highest BCUT2D eigenvalue weighted by atomic mass is 35.5. The molecule has 3 aromatic rings. The molecular weight excluding hydrogens is 355 g/mol. The van der Waals surface area contributed by atoms with E-state index >= 15 is 0 Å². The van der Waals surface area contributed by atoms with E-state index in [1.165, 1.54) is 6.07 Å². The summed E-state index contributed by atoms with van der Waals surface area (Å²) in [5.41, 5.74) is 0.786. The Morgan fingerprint density at radius 2 is 2.08 bits per heavy atom. The Balaban J connectivity index is 1.82. The van der Waals surface area contributed by atoms with E-state index < -0.39 is 17.6 Å². The van der Waals surface area contributed by atoms with Crippen LogP contribution in [0, 0.1) is 6.92 Å². The number of aryl methyl sites for hydroxylation is 1. The van der Waals surface area contributed by atoms with E-state index in [1.54, 1.807) is 16.8 Å². The van der Waals surface area contributed by atoms with Crippen LogP contribution in [0.1, 0.15) is 16.8 Å². The molecule has 130 valence electrons. The summed E-state index contributed by atoms with van der Waals surface area (Å²) in [6.07, 6.45) is -1.29. The van der Waals surface area contributed by atoms with Crippen molar-refractivity contribution in [1.82, 2.24) is 9.38 Å². The van der Waals surface area contributed by atoms with Crippen LogP contribution in [-0.4, -0.2) is 15.3 Å². The van der Waals surface area contributed by atoms with Crippen LogP contribution in [0.4, 0.5) is 18.9 Å². The first kappa shape index (κ1) is 17.3. The van der Waals surface area contributed by atoms with E-state index in [-0.39, 0.29) is 17.1 Å². The third-order valence-electron chi connectivity index (χ3n) is 3.63. The number of alkyl halides is 3. The number of imidazole rings is 1. The van der Waals surface area contributed by atoms with E-state index in [0.29, 0.717) is 11.3 Å². The maximum absolute atomic E-state index is 13.1. The molecule has 0 saturated carbocycles. The summed E-state index contributed by atoms with van der Waals surface area (Å²) >= 11 is 5.62. The lowest BCUT2D eigenvalue weighted by Gasteiger charge is -2.13. The summed E-state index contributed by atoms with van der Waals surface area (Å²) in [7, 11) is 0. The second-order valence-corrected chi connectivity index (χ2v) is 6.00. The number of fused-ring (bicyclic) bond motifs is 1. The van der Waals surface area contributed by atoms with Crippen molar-refractivity contribution < 1.29 is 18.0 Å². The van der Waals surface area contributed by atoms with Crippen LogP contribution < -0.4 is 5.32 Å². The van der Waals surface area contributed by atoms with Gasteiger partial charge in [-0.15, -0.1) is 0 Å². The number of hydrogen-bond donors (Lipinski definition) is 1. The Kier molecular flexibility index (Phi) is 4.43. The summed E-state index contributed by atoms with van der Waals surface area (Å²) in [5, 5.41) is 2.23. The third kappa shape index (κ3) is 3.76. The van der Waals surface area contributed by atoms with Crippen molar-refractivity contribution in [3.8, 4) is 0 Å².